The van der Waals surface area contributed by atoms with Crippen LogP contribution >= 0.6 is 23.4 Å². The minimum atomic E-state index is -0.460. The van der Waals surface area contributed by atoms with Crippen LogP contribution in [-0.2, 0) is 15.3 Å². The molecule has 1 aromatic heterocycles. The Morgan fingerprint density at radius 2 is 1.90 bits per heavy atom. The average molecular weight is 455 g/mol. The third-order valence-corrected chi connectivity index (χ3v) is 5.95. The van der Waals surface area contributed by atoms with Crippen LogP contribution in [0.3, 0.4) is 0 Å². The van der Waals surface area contributed by atoms with E-state index in [-0.39, 0.29) is 12.1 Å². The smallest absolute Gasteiger partial charge is 0.338 e. The number of hydrogen-bond acceptors (Lipinski definition) is 6. The molecule has 0 fully saturated rings. The molecule has 1 aliphatic rings. The number of hydrogen-bond donors (Lipinski definition) is 1. The Labute approximate surface area is 190 Å². The van der Waals surface area contributed by atoms with Crippen LogP contribution in [0.2, 0.25) is 5.02 Å². The Balaban J connectivity index is 1.70. The Morgan fingerprint density at radius 1 is 1.19 bits per heavy atom. The van der Waals surface area contributed by atoms with Gasteiger partial charge < -0.3 is 10.1 Å². The molecule has 0 spiro atoms. The van der Waals surface area contributed by atoms with Crippen molar-refractivity contribution >= 4 is 35.3 Å². The van der Waals surface area contributed by atoms with E-state index in [9.17, 15) is 4.79 Å². The maximum Gasteiger partial charge on any atom is 0.338 e. The summed E-state index contributed by atoms with van der Waals surface area (Å²) in [6.07, 6.45) is -0.229. The highest BCUT2D eigenvalue weighted by Crippen LogP contribution is 2.37. The van der Waals surface area contributed by atoms with Crippen molar-refractivity contribution in [2.24, 2.45) is 0 Å². The van der Waals surface area contributed by atoms with Crippen molar-refractivity contribution < 1.29 is 9.53 Å². The zero-order valence-corrected chi connectivity index (χ0v) is 19.1. The molecule has 0 bridgehead atoms. The largest absolute Gasteiger partial charge is 0.459 e. The number of nitrogens with zero attached hydrogens (tertiary/aromatic N) is 3. The van der Waals surface area contributed by atoms with E-state index in [1.54, 1.807) is 28.6 Å². The molecule has 0 amide bonds. The first-order chi connectivity index (χ1) is 14.9. The van der Waals surface area contributed by atoms with Crippen LogP contribution in [0, 0.1) is 0 Å². The molecule has 160 valence electrons. The van der Waals surface area contributed by atoms with Gasteiger partial charge in [0, 0.05) is 16.5 Å². The molecule has 2 aromatic carbocycles. The van der Waals surface area contributed by atoms with Crippen LogP contribution in [-0.4, -0.2) is 26.8 Å². The molecule has 0 aliphatic carbocycles. The fourth-order valence-corrected chi connectivity index (χ4v) is 4.32. The molecule has 0 saturated carbocycles. The number of nitrogens with one attached hydrogen (secondary N) is 1. The second kappa shape index (κ2) is 9.16. The minimum Gasteiger partial charge on any atom is -0.459 e. The summed E-state index contributed by atoms with van der Waals surface area (Å²) in [5.41, 5.74) is 3.28. The van der Waals surface area contributed by atoms with Crippen LogP contribution in [0.1, 0.15) is 37.9 Å². The Bertz CT molecular complexity index is 1110. The second-order valence-corrected chi connectivity index (χ2v) is 8.89. The molecule has 1 N–H and O–H groups in total. The normalized spacial score (nSPS) is 15.6. The van der Waals surface area contributed by atoms with Gasteiger partial charge >= 0.3 is 5.97 Å². The fourth-order valence-electron chi connectivity index (χ4n) is 3.41. The molecule has 3 aromatic rings. The van der Waals surface area contributed by atoms with Gasteiger partial charge in [-0.2, -0.15) is 4.98 Å². The van der Waals surface area contributed by atoms with Crippen LogP contribution in [0.5, 0.6) is 0 Å². The molecular weight excluding hydrogens is 432 g/mol. The molecule has 1 unspecified atom stereocenters. The summed E-state index contributed by atoms with van der Waals surface area (Å²) in [4.78, 5) is 17.6. The third-order valence-electron chi connectivity index (χ3n) is 4.79. The van der Waals surface area contributed by atoms with Gasteiger partial charge in [0.1, 0.15) is 6.04 Å². The Kier molecular flexibility index (Phi) is 6.34. The van der Waals surface area contributed by atoms with Crippen molar-refractivity contribution in [2.45, 2.75) is 43.8 Å². The molecule has 8 heteroatoms. The maximum atomic E-state index is 13.0. The number of fused-ring (bicyclic) bond motifs is 1. The maximum absolute atomic E-state index is 13.0. The summed E-state index contributed by atoms with van der Waals surface area (Å²) in [6.45, 7) is 5.52. The lowest BCUT2D eigenvalue weighted by atomic mass is 9.96. The summed E-state index contributed by atoms with van der Waals surface area (Å²) in [5, 5.41) is 9.21. The molecule has 0 saturated heterocycles. The van der Waals surface area contributed by atoms with E-state index in [1.807, 2.05) is 51.1 Å². The van der Waals surface area contributed by atoms with Gasteiger partial charge in [-0.15, -0.1) is 5.10 Å². The number of aromatic nitrogens is 3. The number of allylic oxidation sites excluding steroid dienone is 1. The molecule has 4 rings (SSSR count). The van der Waals surface area contributed by atoms with Gasteiger partial charge in [-0.1, -0.05) is 65.8 Å². The Hall–Kier alpha value is -2.77. The molecule has 31 heavy (non-hydrogen) atoms. The third kappa shape index (κ3) is 4.78. The highest BCUT2D eigenvalue weighted by molar-refractivity contribution is 7.98. The van der Waals surface area contributed by atoms with Gasteiger partial charge in [-0.3, -0.25) is 0 Å². The molecule has 1 atom stereocenters. The van der Waals surface area contributed by atoms with Crippen molar-refractivity contribution in [1.29, 1.82) is 0 Å². The van der Waals surface area contributed by atoms with Crippen LogP contribution in [0.15, 0.2) is 71.0 Å². The molecule has 2 heterocycles. The number of benzene rings is 2. The van der Waals surface area contributed by atoms with Crippen molar-refractivity contribution in [3.05, 3.63) is 82.0 Å². The van der Waals surface area contributed by atoms with E-state index in [2.05, 4.69) is 22.4 Å². The first-order valence-electron chi connectivity index (χ1n) is 10.00. The first kappa shape index (κ1) is 21.5. The molecule has 0 radical (unpaired) electrons. The highest BCUT2D eigenvalue weighted by atomic mass is 35.5. The minimum absolute atomic E-state index is 0.229. The number of carbonyl (C=O) groups excluding carboxylic acids is 1. The summed E-state index contributed by atoms with van der Waals surface area (Å²) < 4.78 is 7.28. The summed E-state index contributed by atoms with van der Waals surface area (Å²) in [6, 6.07) is 17.1. The van der Waals surface area contributed by atoms with Gasteiger partial charge in [0.15, 0.2) is 0 Å². The lowest BCUT2D eigenvalue weighted by Crippen LogP contribution is -2.30. The molecule has 6 nitrogen and oxygen atoms in total. The van der Waals surface area contributed by atoms with Crippen LogP contribution in [0.4, 0.5) is 5.95 Å². The number of anilines is 1. The van der Waals surface area contributed by atoms with Crippen molar-refractivity contribution in [3.8, 4) is 0 Å². The highest BCUT2D eigenvalue weighted by Gasteiger charge is 2.35. The van der Waals surface area contributed by atoms with Gasteiger partial charge in [0.05, 0.1) is 11.7 Å². The van der Waals surface area contributed by atoms with Gasteiger partial charge in [0.2, 0.25) is 11.1 Å². The van der Waals surface area contributed by atoms with Gasteiger partial charge in [-0.25, -0.2) is 9.48 Å². The predicted octanol–water partition coefficient (Wildman–Crippen LogP) is 5.46. The Morgan fingerprint density at radius 3 is 2.58 bits per heavy atom. The quantitative estimate of drug-likeness (QED) is 0.393. The monoisotopic (exact) mass is 454 g/mol. The summed E-state index contributed by atoms with van der Waals surface area (Å²) in [7, 11) is 0. The summed E-state index contributed by atoms with van der Waals surface area (Å²) >= 11 is 7.65. The second-order valence-electron chi connectivity index (χ2n) is 7.51. The lowest BCUT2D eigenvalue weighted by molar-refractivity contribution is -0.143. The number of rotatable bonds is 6. The fraction of sp³-hybridized carbons (Fsp3) is 0.261. The van der Waals surface area contributed by atoms with Gasteiger partial charge in [-0.05, 0) is 44.0 Å². The van der Waals surface area contributed by atoms with E-state index >= 15 is 0 Å². The van der Waals surface area contributed by atoms with Crippen LogP contribution < -0.4 is 5.32 Å². The number of ether oxygens (including phenoxy) is 1. The number of thioether (sulfide) groups is 1. The zero-order chi connectivity index (χ0) is 22.0. The van der Waals surface area contributed by atoms with Gasteiger partial charge in [0.25, 0.3) is 0 Å². The topological polar surface area (TPSA) is 69.0 Å². The van der Waals surface area contributed by atoms with E-state index < -0.39 is 6.04 Å². The van der Waals surface area contributed by atoms with E-state index in [1.165, 1.54) is 5.56 Å². The zero-order valence-electron chi connectivity index (χ0n) is 17.5. The predicted molar refractivity (Wildman–Crippen MR) is 123 cm³/mol. The van der Waals surface area contributed by atoms with Crippen molar-refractivity contribution in [1.82, 2.24) is 14.8 Å². The number of esters is 1. The number of carbonyl (C=O) groups is 1. The number of halogens is 1. The van der Waals surface area contributed by atoms with E-state index in [0.29, 0.717) is 27.4 Å². The van der Waals surface area contributed by atoms with Crippen molar-refractivity contribution in [2.75, 3.05) is 5.32 Å². The molecule has 1 aliphatic heterocycles. The average Bonchev–Trinajstić information content (AvgIpc) is 3.14. The van der Waals surface area contributed by atoms with E-state index in [0.717, 1.165) is 11.3 Å². The van der Waals surface area contributed by atoms with Crippen LogP contribution in [0.25, 0.3) is 0 Å². The standard InChI is InChI=1S/C23H23ClN4O2S/c1-14(2)30-21(29)19-15(3)25-22-26-23(31-13-16-7-5-4-6-8-16)27-28(22)20(19)17-9-11-18(24)12-10-17/h4-12,14,20H,13H2,1-3H3,(H,25,26,27). The van der Waals surface area contributed by atoms with Crippen molar-refractivity contribution in [3.63, 3.8) is 0 Å². The summed E-state index contributed by atoms with van der Waals surface area (Å²) in [5.74, 6) is 0.971. The van der Waals surface area contributed by atoms with E-state index in [4.69, 9.17) is 21.4 Å². The lowest BCUT2D eigenvalue weighted by Gasteiger charge is -2.28. The SMILES string of the molecule is CC1=C(C(=O)OC(C)C)C(c2ccc(Cl)cc2)n2nc(SCc3ccccc3)nc2N1. The molecular formula is C23H23ClN4O2S. The first-order valence-corrected chi connectivity index (χ1v) is 11.4.